The Morgan fingerprint density at radius 3 is 2.62 bits per heavy atom. The van der Waals surface area contributed by atoms with E-state index in [1.54, 1.807) is 25.4 Å². The molecule has 0 unspecified atom stereocenters. The van der Waals surface area contributed by atoms with E-state index in [1.165, 1.54) is 5.01 Å². The molecular formula is C28H32ClF2N7O. The summed E-state index contributed by atoms with van der Waals surface area (Å²) in [6.45, 7) is 10.6. The first kappa shape index (κ1) is 27.0. The normalized spacial score (nSPS) is 17.1. The van der Waals surface area contributed by atoms with E-state index < -0.39 is 18.0 Å². The largest absolute Gasteiger partial charge is 0.446 e. The van der Waals surface area contributed by atoms with Gasteiger partial charge in [0.25, 0.3) is 6.43 Å². The molecule has 1 fully saturated rings. The summed E-state index contributed by atoms with van der Waals surface area (Å²) in [5.41, 5.74) is 8.64. The fraction of sp³-hybridized carbons (Fsp3) is 0.429. The van der Waals surface area contributed by atoms with E-state index in [9.17, 15) is 8.78 Å². The Morgan fingerprint density at radius 2 is 2.03 bits per heavy atom. The second-order valence-electron chi connectivity index (χ2n) is 11.3. The van der Waals surface area contributed by atoms with E-state index >= 15 is 0 Å². The number of aromatic nitrogens is 2. The van der Waals surface area contributed by atoms with Crippen LogP contribution in [0.3, 0.4) is 0 Å². The van der Waals surface area contributed by atoms with Crippen molar-refractivity contribution < 1.29 is 13.2 Å². The number of hydrazine groups is 2. The third kappa shape index (κ3) is 5.21. The van der Waals surface area contributed by atoms with Gasteiger partial charge in [0, 0.05) is 36.9 Å². The summed E-state index contributed by atoms with van der Waals surface area (Å²) in [4.78, 5) is 9.10. The predicted molar refractivity (Wildman–Crippen MR) is 149 cm³/mol. The van der Waals surface area contributed by atoms with Gasteiger partial charge in [-0.05, 0) is 37.3 Å². The topological polar surface area (TPSA) is 90.3 Å². The number of hydrogen-bond donors (Lipinski definition) is 4. The summed E-state index contributed by atoms with van der Waals surface area (Å²) in [6, 6.07) is 3.14. The van der Waals surface area contributed by atoms with E-state index in [0.29, 0.717) is 64.2 Å². The molecule has 39 heavy (non-hydrogen) atoms. The smallest absolute Gasteiger partial charge is 0.262 e. The van der Waals surface area contributed by atoms with Crippen molar-refractivity contribution in [1.29, 1.82) is 0 Å². The van der Waals surface area contributed by atoms with Gasteiger partial charge in [-0.3, -0.25) is 9.99 Å². The lowest BCUT2D eigenvalue weighted by atomic mass is 9.96. The summed E-state index contributed by atoms with van der Waals surface area (Å²) >= 11 is 6.72. The summed E-state index contributed by atoms with van der Waals surface area (Å²) in [7, 11) is 0. The van der Waals surface area contributed by atoms with Crippen LogP contribution in [0.5, 0.6) is 0 Å². The second-order valence-corrected chi connectivity index (χ2v) is 11.7. The number of anilines is 2. The Kier molecular flexibility index (Phi) is 6.85. The number of hydrogen-bond acceptors (Lipinski definition) is 8. The molecule has 206 valence electrons. The van der Waals surface area contributed by atoms with Crippen molar-refractivity contribution in [1.82, 2.24) is 25.9 Å². The lowest BCUT2D eigenvalue weighted by Gasteiger charge is -2.25. The van der Waals surface area contributed by atoms with E-state index in [4.69, 9.17) is 22.4 Å². The minimum absolute atomic E-state index is 0.00515. The van der Waals surface area contributed by atoms with Crippen LogP contribution in [0.25, 0.3) is 10.9 Å². The van der Waals surface area contributed by atoms with Crippen LogP contribution in [0, 0.1) is 31.6 Å². The molecule has 0 saturated heterocycles. The lowest BCUT2D eigenvalue weighted by Crippen LogP contribution is -2.48. The average Bonchev–Trinajstić information content (AvgIpc) is 3.41. The van der Waals surface area contributed by atoms with Gasteiger partial charge in [0.15, 0.2) is 5.89 Å². The molecule has 1 aliphatic heterocycles. The maximum absolute atomic E-state index is 13.8. The van der Waals surface area contributed by atoms with E-state index in [0.717, 1.165) is 11.1 Å². The highest BCUT2D eigenvalue weighted by atomic mass is 35.5. The standard InChI is InChI=1S/C28H32ClF2N7O/c1-7-17-12-32-24-19(23(17)33-14-27(4,5)6)10-18(11-20(24)29)35-25(22-15(2)39-16(3)34-22)21-13-38(37-36-21)28(8-9-28)26(30)31/h1,10-13,25-26,35-37H,8-9,14H2,2-6H3,(H,32,33)/t25-/m1/s1. The quantitative estimate of drug-likeness (QED) is 0.250. The molecule has 1 saturated carbocycles. The van der Waals surface area contributed by atoms with Crippen molar-refractivity contribution in [2.45, 2.75) is 65.5 Å². The van der Waals surface area contributed by atoms with Gasteiger partial charge in [0.1, 0.15) is 23.0 Å². The molecule has 5 rings (SSSR count). The van der Waals surface area contributed by atoms with Crippen molar-refractivity contribution in [2.75, 3.05) is 17.2 Å². The third-order valence-corrected chi connectivity index (χ3v) is 7.24. The third-order valence-electron chi connectivity index (χ3n) is 6.95. The molecule has 3 aromatic rings. The van der Waals surface area contributed by atoms with Crippen LogP contribution in [-0.4, -0.2) is 33.5 Å². The van der Waals surface area contributed by atoms with Crippen molar-refractivity contribution in [3.63, 3.8) is 0 Å². The van der Waals surface area contributed by atoms with Gasteiger partial charge in [-0.2, -0.15) is 0 Å². The molecule has 1 aliphatic carbocycles. The maximum atomic E-state index is 13.8. The van der Waals surface area contributed by atoms with Gasteiger partial charge in [-0.1, -0.05) is 38.3 Å². The summed E-state index contributed by atoms with van der Waals surface area (Å²) < 4.78 is 33.3. The molecule has 1 atom stereocenters. The highest BCUT2D eigenvalue weighted by molar-refractivity contribution is 6.35. The molecule has 11 heteroatoms. The zero-order valence-corrected chi connectivity index (χ0v) is 23.3. The molecule has 0 amide bonds. The molecule has 8 nitrogen and oxygen atoms in total. The number of halogens is 3. The van der Waals surface area contributed by atoms with Crippen LogP contribution in [0.15, 0.2) is 34.6 Å². The molecule has 0 spiro atoms. The number of nitrogens with one attached hydrogen (secondary N) is 4. The van der Waals surface area contributed by atoms with Crippen molar-refractivity contribution >= 4 is 33.9 Å². The monoisotopic (exact) mass is 555 g/mol. The van der Waals surface area contributed by atoms with Gasteiger partial charge in [0.2, 0.25) is 0 Å². The predicted octanol–water partition coefficient (Wildman–Crippen LogP) is 6.05. The first-order valence-electron chi connectivity index (χ1n) is 12.8. The molecule has 2 aliphatic rings. The molecule has 0 bridgehead atoms. The van der Waals surface area contributed by atoms with Gasteiger partial charge in [-0.15, -0.1) is 12.0 Å². The zero-order chi connectivity index (χ0) is 28.1. The summed E-state index contributed by atoms with van der Waals surface area (Å²) in [6.07, 6.45) is 7.43. The first-order valence-corrected chi connectivity index (χ1v) is 13.1. The maximum Gasteiger partial charge on any atom is 0.262 e. The van der Waals surface area contributed by atoms with Crippen LogP contribution in [0.2, 0.25) is 5.02 Å². The number of nitrogens with zero attached hydrogens (tertiary/aromatic N) is 3. The molecule has 2 aromatic heterocycles. The van der Waals surface area contributed by atoms with E-state index in [1.807, 2.05) is 13.0 Å². The Bertz CT molecular complexity index is 1480. The summed E-state index contributed by atoms with van der Waals surface area (Å²) in [5.74, 6) is 3.82. The number of terminal acetylenes is 1. The number of aryl methyl sites for hydroxylation is 2. The average molecular weight is 556 g/mol. The number of oxazole rings is 1. The van der Waals surface area contributed by atoms with Gasteiger partial charge in [-0.25, -0.2) is 13.8 Å². The number of alkyl halides is 2. The number of rotatable bonds is 8. The molecule has 0 radical (unpaired) electrons. The minimum atomic E-state index is -2.49. The number of benzene rings is 1. The Morgan fingerprint density at radius 1 is 1.28 bits per heavy atom. The van der Waals surface area contributed by atoms with Crippen LogP contribution >= 0.6 is 11.6 Å². The lowest BCUT2D eigenvalue weighted by molar-refractivity contribution is 0.00911. The van der Waals surface area contributed by atoms with Gasteiger partial charge < -0.3 is 20.5 Å². The molecular weight excluding hydrogens is 524 g/mol. The highest BCUT2D eigenvalue weighted by Crippen LogP contribution is 2.47. The minimum Gasteiger partial charge on any atom is -0.446 e. The van der Waals surface area contributed by atoms with Crippen LogP contribution in [-0.2, 0) is 0 Å². The van der Waals surface area contributed by atoms with Crippen LogP contribution < -0.4 is 21.6 Å². The fourth-order valence-corrected chi connectivity index (χ4v) is 4.94. The van der Waals surface area contributed by atoms with E-state index in [-0.39, 0.29) is 5.41 Å². The van der Waals surface area contributed by atoms with Gasteiger partial charge >= 0.3 is 0 Å². The van der Waals surface area contributed by atoms with Crippen LogP contribution in [0.1, 0.15) is 62.6 Å². The second kappa shape index (κ2) is 9.88. The Hall–Kier alpha value is -3.55. The zero-order valence-electron chi connectivity index (χ0n) is 22.5. The molecule has 1 aromatic carbocycles. The Labute approximate surface area is 231 Å². The fourth-order valence-electron chi connectivity index (χ4n) is 4.68. The first-order chi connectivity index (χ1) is 18.4. The van der Waals surface area contributed by atoms with Crippen molar-refractivity contribution in [2.24, 2.45) is 5.41 Å². The highest BCUT2D eigenvalue weighted by Gasteiger charge is 2.56. The molecule has 3 heterocycles. The van der Waals surface area contributed by atoms with Gasteiger partial charge in [0.05, 0.1) is 27.5 Å². The van der Waals surface area contributed by atoms with Crippen LogP contribution in [0.4, 0.5) is 20.2 Å². The van der Waals surface area contributed by atoms with Crippen molar-refractivity contribution in [3.05, 3.63) is 58.2 Å². The number of fused-ring (bicyclic) bond motifs is 1. The van der Waals surface area contributed by atoms with Crippen molar-refractivity contribution in [3.8, 4) is 12.3 Å². The Balaban J connectivity index is 1.56. The van der Waals surface area contributed by atoms with E-state index in [2.05, 4.69) is 58.3 Å². The SMILES string of the molecule is C#Cc1cnc2c(Cl)cc(N[C@H](C3=CN(C4(C(F)F)CC4)NN3)c3nc(C)oc3C)cc2c1NCC(C)(C)C. The number of pyridine rings is 1. The molecule has 4 N–H and O–H groups in total. The summed E-state index contributed by atoms with van der Waals surface area (Å²) in [5, 5.41) is 9.62.